The maximum Gasteiger partial charge on any atom is 0.257 e. The monoisotopic (exact) mass is 443 g/mol. The van der Waals surface area contributed by atoms with E-state index in [1.54, 1.807) is 0 Å². The summed E-state index contributed by atoms with van der Waals surface area (Å²) in [6, 6.07) is 23.8. The molecule has 4 rings (SSSR count). The largest absolute Gasteiger partial charge is 0.492 e. The lowest BCUT2D eigenvalue weighted by atomic mass is 10.1. The van der Waals surface area contributed by atoms with Gasteiger partial charge in [0.15, 0.2) is 6.61 Å². The van der Waals surface area contributed by atoms with Crippen molar-refractivity contribution in [2.75, 3.05) is 19.8 Å². The van der Waals surface area contributed by atoms with Crippen LogP contribution in [0, 0.1) is 13.8 Å². The molecule has 0 aliphatic rings. The standard InChI is InChI=1S/C27H29N3O3/c1-20-12-13-21(2)25(18-20)33-19-27(31)28-15-14-26-29-23-10-6-7-11-24(23)30(26)16-17-32-22-8-4-3-5-9-22/h3-13,18H,14-17,19H2,1-2H3,(H,28,31). The van der Waals surface area contributed by atoms with E-state index in [9.17, 15) is 4.79 Å². The fourth-order valence-corrected chi connectivity index (χ4v) is 3.71. The molecule has 0 radical (unpaired) electrons. The summed E-state index contributed by atoms with van der Waals surface area (Å²) >= 11 is 0. The van der Waals surface area contributed by atoms with E-state index < -0.39 is 0 Å². The Bertz CT molecular complexity index is 1220. The van der Waals surface area contributed by atoms with Gasteiger partial charge in [-0.3, -0.25) is 4.79 Å². The van der Waals surface area contributed by atoms with Crippen LogP contribution >= 0.6 is 0 Å². The number of fused-ring (bicyclic) bond motifs is 1. The van der Waals surface area contributed by atoms with Crippen LogP contribution < -0.4 is 14.8 Å². The molecular weight excluding hydrogens is 414 g/mol. The Labute approximate surface area is 194 Å². The first-order valence-corrected chi connectivity index (χ1v) is 11.2. The number of rotatable bonds is 10. The Morgan fingerprint density at radius 3 is 2.61 bits per heavy atom. The molecule has 0 saturated heterocycles. The van der Waals surface area contributed by atoms with Gasteiger partial charge in [-0.2, -0.15) is 0 Å². The SMILES string of the molecule is Cc1ccc(C)c(OCC(=O)NCCc2nc3ccccc3n2CCOc2ccccc2)c1. The topological polar surface area (TPSA) is 65.4 Å². The summed E-state index contributed by atoms with van der Waals surface area (Å²) in [4.78, 5) is 17.1. The molecule has 0 bridgehead atoms. The van der Waals surface area contributed by atoms with Crippen molar-refractivity contribution in [2.24, 2.45) is 0 Å². The summed E-state index contributed by atoms with van der Waals surface area (Å²) in [5.74, 6) is 2.36. The predicted octanol–water partition coefficient (Wildman–Crippen LogP) is 4.47. The number of imidazole rings is 1. The number of hydrogen-bond donors (Lipinski definition) is 1. The van der Waals surface area contributed by atoms with Crippen molar-refractivity contribution < 1.29 is 14.3 Å². The number of hydrogen-bond acceptors (Lipinski definition) is 4. The smallest absolute Gasteiger partial charge is 0.257 e. The Balaban J connectivity index is 1.33. The molecule has 4 aromatic rings. The molecule has 0 atom stereocenters. The third kappa shape index (κ3) is 5.92. The third-order valence-corrected chi connectivity index (χ3v) is 5.43. The molecule has 1 N–H and O–H groups in total. The van der Waals surface area contributed by atoms with Crippen LogP contribution in [0.25, 0.3) is 11.0 Å². The molecule has 0 fully saturated rings. The molecule has 0 aliphatic heterocycles. The molecule has 1 aromatic heterocycles. The minimum Gasteiger partial charge on any atom is -0.492 e. The van der Waals surface area contributed by atoms with Crippen LogP contribution in [-0.2, 0) is 17.8 Å². The Hall–Kier alpha value is -3.80. The Kier molecular flexibility index (Phi) is 7.25. The first-order valence-electron chi connectivity index (χ1n) is 11.2. The number of aromatic nitrogens is 2. The maximum atomic E-state index is 12.3. The number of nitrogens with zero attached hydrogens (tertiary/aromatic N) is 2. The van der Waals surface area contributed by atoms with Crippen molar-refractivity contribution >= 4 is 16.9 Å². The Morgan fingerprint density at radius 1 is 0.970 bits per heavy atom. The first kappa shape index (κ1) is 22.4. The number of benzene rings is 3. The number of ether oxygens (including phenoxy) is 2. The number of aryl methyl sites for hydroxylation is 2. The van der Waals surface area contributed by atoms with E-state index in [1.165, 1.54) is 0 Å². The molecule has 3 aromatic carbocycles. The Morgan fingerprint density at radius 2 is 1.76 bits per heavy atom. The lowest BCUT2D eigenvalue weighted by Crippen LogP contribution is -2.31. The van der Waals surface area contributed by atoms with Crippen LogP contribution in [0.2, 0.25) is 0 Å². The predicted molar refractivity (Wildman–Crippen MR) is 130 cm³/mol. The summed E-state index contributed by atoms with van der Waals surface area (Å²) in [7, 11) is 0. The van der Waals surface area contributed by atoms with Crippen molar-refractivity contribution in [3.8, 4) is 11.5 Å². The van der Waals surface area contributed by atoms with Crippen molar-refractivity contribution in [3.63, 3.8) is 0 Å². The van der Waals surface area contributed by atoms with Gasteiger partial charge in [0, 0.05) is 13.0 Å². The van der Waals surface area contributed by atoms with Crippen LogP contribution in [-0.4, -0.2) is 35.2 Å². The average Bonchev–Trinajstić information content (AvgIpc) is 3.18. The highest BCUT2D eigenvalue weighted by atomic mass is 16.5. The van der Waals surface area contributed by atoms with Crippen molar-refractivity contribution in [3.05, 3.63) is 89.7 Å². The van der Waals surface area contributed by atoms with Crippen molar-refractivity contribution in [1.29, 1.82) is 0 Å². The molecule has 0 spiro atoms. The van der Waals surface area contributed by atoms with E-state index >= 15 is 0 Å². The van der Waals surface area contributed by atoms with E-state index in [-0.39, 0.29) is 12.5 Å². The number of amides is 1. The van der Waals surface area contributed by atoms with Gasteiger partial charge in [0.2, 0.25) is 0 Å². The second kappa shape index (κ2) is 10.7. The molecule has 1 amide bonds. The van der Waals surface area contributed by atoms with Crippen LogP contribution in [0.3, 0.4) is 0 Å². The van der Waals surface area contributed by atoms with Gasteiger partial charge in [-0.1, -0.05) is 42.5 Å². The summed E-state index contributed by atoms with van der Waals surface area (Å²) in [5, 5.41) is 2.94. The van der Waals surface area contributed by atoms with Gasteiger partial charge in [0.05, 0.1) is 17.6 Å². The normalized spacial score (nSPS) is 10.8. The number of carbonyl (C=O) groups is 1. The van der Waals surface area contributed by atoms with Gasteiger partial charge in [0.1, 0.15) is 23.9 Å². The fourth-order valence-electron chi connectivity index (χ4n) is 3.71. The molecule has 6 nitrogen and oxygen atoms in total. The summed E-state index contributed by atoms with van der Waals surface area (Å²) in [6.07, 6.45) is 0.620. The van der Waals surface area contributed by atoms with Crippen LogP contribution in [0.15, 0.2) is 72.8 Å². The molecule has 0 unspecified atom stereocenters. The van der Waals surface area contributed by atoms with Gasteiger partial charge in [-0.15, -0.1) is 0 Å². The first-order chi connectivity index (χ1) is 16.1. The van der Waals surface area contributed by atoms with Crippen molar-refractivity contribution in [1.82, 2.24) is 14.9 Å². The molecule has 170 valence electrons. The summed E-state index contributed by atoms with van der Waals surface area (Å²) < 4.78 is 13.7. The fraction of sp³-hybridized carbons (Fsp3) is 0.259. The lowest BCUT2D eigenvalue weighted by Gasteiger charge is -2.12. The molecule has 1 heterocycles. The van der Waals surface area contributed by atoms with E-state index in [0.29, 0.717) is 26.1 Å². The highest BCUT2D eigenvalue weighted by molar-refractivity contribution is 5.78. The van der Waals surface area contributed by atoms with Gasteiger partial charge >= 0.3 is 0 Å². The van der Waals surface area contributed by atoms with E-state index in [4.69, 9.17) is 14.5 Å². The van der Waals surface area contributed by atoms with Crippen LogP contribution in [0.5, 0.6) is 11.5 Å². The molecule has 0 saturated carbocycles. The second-order valence-electron chi connectivity index (χ2n) is 7.99. The van der Waals surface area contributed by atoms with Gasteiger partial charge in [-0.05, 0) is 55.3 Å². The minimum absolute atomic E-state index is 0.00831. The summed E-state index contributed by atoms with van der Waals surface area (Å²) in [6.45, 7) is 5.66. The zero-order valence-electron chi connectivity index (χ0n) is 19.1. The van der Waals surface area contributed by atoms with Gasteiger partial charge in [0.25, 0.3) is 5.91 Å². The quantitative estimate of drug-likeness (QED) is 0.393. The molecular formula is C27H29N3O3. The van der Waals surface area contributed by atoms with E-state index in [1.807, 2.05) is 80.6 Å². The number of carbonyl (C=O) groups excluding carboxylic acids is 1. The zero-order chi connectivity index (χ0) is 23.0. The van der Waals surface area contributed by atoms with E-state index in [2.05, 4.69) is 16.0 Å². The molecule has 0 aliphatic carbocycles. The highest BCUT2D eigenvalue weighted by Crippen LogP contribution is 2.19. The highest BCUT2D eigenvalue weighted by Gasteiger charge is 2.12. The van der Waals surface area contributed by atoms with Crippen LogP contribution in [0.4, 0.5) is 0 Å². The van der Waals surface area contributed by atoms with E-state index in [0.717, 1.165) is 39.5 Å². The third-order valence-electron chi connectivity index (χ3n) is 5.43. The van der Waals surface area contributed by atoms with Crippen LogP contribution in [0.1, 0.15) is 17.0 Å². The zero-order valence-corrected chi connectivity index (χ0v) is 19.1. The minimum atomic E-state index is -0.147. The second-order valence-corrected chi connectivity index (χ2v) is 7.99. The molecule has 6 heteroatoms. The molecule has 33 heavy (non-hydrogen) atoms. The van der Waals surface area contributed by atoms with Gasteiger partial charge in [-0.25, -0.2) is 4.98 Å². The van der Waals surface area contributed by atoms with Crippen molar-refractivity contribution in [2.45, 2.75) is 26.8 Å². The van der Waals surface area contributed by atoms with Gasteiger partial charge < -0.3 is 19.4 Å². The number of nitrogens with one attached hydrogen (secondary N) is 1. The summed E-state index contributed by atoms with van der Waals surface area (Å²) in [5.41, 5.74) is 4.12. The number of para-hydroxylation sites is 3. The average molecular weight is 444 g/mol. The maximum absolute atomic E-state index is 12.3. The lowest BCUT2D eigenvalue weighted by molar-refractivity contribution is -0.123.